The quantitative estimate of drug-likeness (QED) is 0.551. The van der Waals surface area contributed by atoms with Crippen molar-refractivity contribution in [3.63, 3.8) is 0 Å². The minimum atomic E-state index is -4.02. The third-order valence-corrected chi connectivity index (χ3v) is 7.92. The molecule has 2 aromatic carbocycles. The zero-order valence-corrected chi connectivity index (χ0v) is 19.1. The highest BCUT2D eigenvalue weighted by Gasteiger charge is 2.24. The van der Waals surface area contributed by atoms with Crippen LogP contribution in [-0.2, 0) is 10.0 Å². The van der Waals surface area contributed by atoms with Gasteiger partial charge in [-0.15, -0.1) is 0 Å². The van der Waals surface area contributed by atoms with Crippen molar-refractivity contribution in [3.8, 4) is 0 Å². The molecule has 1 aliphatic carbocycles. The van der Waals surface area contributed by atoms with Crippen LogP contribution in [0.4, 0.5) is 10.1 Å². The van der Waals surface area contributed by atoms with Gasteiger partial charge in [-0.25, -0.2) is 12.8 Å². The van der Waals surface area contributed by atoms with E-state index in [1.165, 1.54) is 55.7 Å². The fraction of sp³-hybridized carbons (Fsp3) is 0.333. The minimum absolute atomic E-state index is 0.0335. The average molecular weight is 472 g/mol. The second-order valence-corrected chi connectivity index (χ2v) is 10.3. The van der Waals surface area contributed by atoms with Crippen molar-refractivity contribution in [1.29, 1.82) is 0 Å². The fourth-order valence-electron chi connectivity index (χ4n) is 4.16. The number of amides is 1. The van der Waals surface area contributed by atoms with Crippen LogP contribution in [0.5, 0.6) is 0 Å². The van der Waals surface area contributed by atoms with Crippen molar-refractivity contribution >= 4 is 32.5 Å². The maximum absolute atomic E-state index is 13.2. The number of sulfonamides is 1. The molecule has 1 heterocycles. The molecular formula is C24H26FN3O4S. The predicted molar refractivity (Wildman–Crippen MR) is 126 cm³/mol. The number of fused-ring (bicyclic) bond motifs is 1. The van der Waals surface area contributed by atoms with E-state index in [-0.39, 0.29) is 27.6 Å². The minimum Gasteiger partial charge on any atom is -0.360 e. The van der Waals surface area contributed by atoms with Crippen molar-refractivity contribution in [1.82, 2.24) is 10.3 Å². The van der Waals surface area contributed by atoms with Gasteiger partial charge >= 0.3 is 0 Å². The third kappa shape index (κ3) is 4.78. The highest BCUT2D eigenvalue weighted by Crippen LogP contribution is 2.24. The summed E-state index contributed by atoms with van der Waals surface area (Å²) in [4.78, 5) is 28.7. The first kappa shape index (κ1) is 23.0. The molecule has 9 heteroatoms. The normalized spacial score (nSPS) is 15.2. The molecule has 0 aliphatic heterocycles. The van der Waals surface area contributed by atoms with E-state index >= 15 is 0 Å². The SMILES string of the molecule is CN(c1ccc(F)cc1)S(=O)(=O)c1ccc2[nH]cc(C(=O)NC3CCCCCC3)c(=O)c2c1. The van der Waals surface area contributed by atoms with Crippen LogP contribution in [-0.4, -0.2) is 32.4 Å². The molecule has 2 N–H and O–H groups in total. The smallest absolute Gasteiger partial charge is 0.264 e. The highest BCUT2D eigenvalue weighted by atomic mass is 32.2. The van der Waals surface area contributed by atoms with Gasteiger partial charge in [0, 0.05) is 30.2 Å². The molecule has 174 valence electrons. The fourth-order valence-corrected chi connectivity index (χ4v) is 5.38. The molecule has 7 nitrogen and oxygen atoms in total. The Hall–Kier alpha value is -3.20. The number of anilines is 1. The Kier molecular flexibility index (Phi) is 6.51. The number of hydrogen-bond donors (Lipinski definition) is 2. The monoisotopic (exact) mass is 471 g/mol. The molecule has 0 radical (unpaired) electrons. The lowest BCUT2D eigenvalue weighted by molar-refractivity contribution is 0.0932. The lowest BCUT2D eigenvalue weighted by atomic mass is 10.1. The molecule has 1 saturated carbocycles. The second kappa shape index (κ2) is 9.35. The van der Waals surface area contributed by atoms with E-state index in [1.807, 2.05) is 0 Å². The van der Waals surface area contributed by atoms with E-state index < -0.39 is 27.2 Å². The Bertz CT molecular complexity index is 1330. The topological polar surface area (TPSA) is 99.3 Å². The summed E-state index contributed by atoms with van der Waals surface area (Å²) in [5.41, 5.74) is 0.126. The molecule has 1 aliphatic rings. The third-order valence-electron chi connectivity index (χ3n) is 6.14. The average Bonchev–Trinajstić information content (AvgIpc) is 3.07. The Balaban J connectivity index is 1.66. The molecule has 1 fully saturated rings. The van der Waals surface area contributed by atoms with Gasteiger partial charge in [0.15, 0.2) is 0 Å². The van der Waals surface area contributed by atoms with Gasteiger partial charge in [0.25, 0.3) is 15.9 Å². The number of benzene rings is 2. The van der Waals surface area contributed by atoms with Gasteiger partial charge in [0.1, 0.15) is 11.4 Å². The summed E-state index contributed by atoms with van der Waals surface area (Å²) >= 11 is 0. The lowest BCUT2D eigenvalue weighted by Crippen LogP contribution is -2.37. The van der Waals surface area contributed by atoms with Gasteiger partial charge in [-0.05, 0) is 55.3 Å². The van der Waals surface area contributed by atoms with Crippen LogP contribution in [0.3, 0.4) is 0 Å². The van der Waals surface area contributed by atoms with Crippen LogP contribution in [0.25, 0.3) is 10.9 Å². The molecule has 0 unspecified atom stereocenters. The highest BCUT2D eigenvalue weighted by molar-refractivity contribution is 7.92. The number of H-pyrrole nitrogens is 1. The number of aromatic amines is 1. The second-order valence-electron chi connectivity index (χ2n) is 8.35. The summed E-state index contributed by atoms with van der Waals surface area (Å²) in [6, 6.07) is 9.25. The molecular weight excluding hydrogens is 445 g/mol. The first-order valence-corrected chi connectivity index (χ1v) is 12.4. The molecule has 0 atom stereocenters. The van der Waals surface area contributed by atoms with E-state index in [9.17, 15) is 22.4 Å². The predicted octanol–water partition coefficient (Wildman–Crippen LogP) is 3.94. The van der Waals surface area contributed by atoms with E-state index in [2.05, 4.69) is 10.3 Å². The summed E-state index contributed by atoms with van der Waals surface area (Å²) in [6.07, 6.45) is 7.52. The van der Waals surface area contributed by atoms with Gasteiger partial charge in [0.2, 0.25) is 5.43 Å². The van der Waals surface area contributed by atoms with Gasteiger partial charge in [-0.1, -0.05) is 25.7 Å². The molecule has 0 spiro atoms. The molecule has 1 aromatic heterocycles. The number of halogens is 1. The summed E-state index contributed by atoms with van der Waals surface area (Å²) in [6.45, 7) is 0. The number of carbonyl (C=O) groups is 1. The van der Waals surface area contributed by atoms with Crippen molar-refractivity contribution < 1.29 is 17.6 Å². The summed E-state index contributed by atoms with van der Waals surface area (Å²) in [5, 5.41) is 3.06. The first-order chi connectivity index (χ1) is 15.8. The van der Waals surface area contributed by atoms with E-state index in [0.717, 1.165) is 42.8 Å². The van der Waals surface area contributed by atoms with Crippen LogP contribution in [0, 0.1) is 5.82 Å². The van der Waals surface area contributed by atoms with Crippen LogP contribution in [0.1, 0.15) is 48.9 Å². The Morgan fingerprint density at radius 1 is 1.06 bits per heavy atom. The van der Waals surface area contributed by atoms with E-state index in [4.69, 9.17) is 0 Å². The zero-order chi connectivity index (χ0) is 23.6. The molecule has 0 bridgehead atoms. The van der Waals surface area contributed by atoms with Crippen molar-refractivity contribution in [2.45, 2.75) is 49.5 Å². The van der Waals surface area contributed by atoms with Gasteiger partial charge in [-0.3, -0.25) is 13.9 Å². The maximum atomic E-state index is 13.2. The number of pyridine rings is 1. The maximum Gasteiger partial charge on any atom is 0.264 e. The number of rotatable bonds is 5. The standard InChI is InChI=1S/C24H26FN3O4S/c1-28(18-10-8-16(25)9-11-18)33(31,32)19-12-13-22-20(14-19)23(29)21(15-26-22)24(30)27-17-6-4-2-3-5-7-17/h8-15,17H,2-7H2,1H3,(H,26,29)(H,27,30). The number of hydrogen-bond acceptors (Lipinski definition) is 4. The number of nitrogens with zero attached hydrogens (tertiary/aromatic N) is 1. The van der Waals surface area contributed by atoms with Crippen molar-refractivity contribution in [3.05, 3.63) is 70.3 Å². The lowest BCUT2D eigenvalue weighted by Gasteiger charge is -2.20. The number of carbonyl (C=O) groups excluding carboxylic acids is 1. The largest absolute Gasteiger partial charge is 0.360 e. The number of nitrogens with one attached hydrogen (secondary N) is 2. The molecule has 3 aromatic rings. The van der Waals surface area contributed by atoms with Crippen molar-refractivity contribution in [2.24, 2.45) is 0 Å². The van der Waals surface area contributed by atoms with Gasteiger partial charge in [-0.2, -0.15) is 0 Å². The van der Waals surface area contributed by atoms with Crippen LogP contribution in [0.15, 0.2) is 58.4 Å². The Morgan fingerprint density at radius 2 is 1.73 bits per heavy atom. The van der Waals surface area contributed by atoms with Gasteiger partial charge < -0.3 is 10.3 Å². The first-order valence-electron chi connectivity index (χ1n) is 11.0. The van der Waals surface area contributed by atoms with E-state index in [0.29, 0.717) is 5.52 Å². The summed E-state index contributed by atoms with van der Waals surface area (Å²) < 4.78 is 40.5. The molecule has 4 rings (SSSR count). The molecule has 1 amide bonds. The Labute approximate surface area is 191 Å². The van der Waals surface area contributed by atoms with E-state index in [1.54, 1.807) is 0 Å². The van der Waals surface area contributed by atoms with Crippen molar-refractivity contribution in [2.75, 3.05) is 11.4 Å². The summed E-state index contributed by atoms with van der Waals surface area (Å²) in [5.74, 6) is -0.932. The van der Waals surface area contributed by atoms with Crippen LogP contribution in [0.2, 0.25) is 0 Å². The van der Waals surface area contributed by atoms with Crippen LogP contribution >= 0.6 is 0 Å². The Morgan fingerprint density at radius 3 is 2.39 bits per heavy atom. The molecule has 0 saturated heterocycles. The summed E-state index contributed by atoms with van der Waals surface area (Å²) in [7, 11) is -2.66. The van der Waals surface area contributed by atoms with Gasteiger partial charge in [0.05, 0.1) is 10.6 Å². The zero-order valence-electron chi connectivity index (χ0n) is 18.3. The van der Waals surface area contributed by atoms with Crippen LogP contribution < -0.4 is 15.1 Å². The number of aromatic nitrogens is 1. The molecule has 33 heavy (non-hydrogen) atoms.